The van der Waals surface area contributed by atoms with Crippen molar-refractivity contribution in [1.82, 2.24) is 9.88 Å². The molecular weight excluding hydrogens is 338 g/mol. The van der Waals surface area contributed by atoms with E-state index in [1.807, 2.05) is 47.4 Å². The molecule has 1 atom stereocenters. The fourth-order valence-electron chi connectivity index (χ4n) is 3.53. The van der Waals surface area contributed by atoms with Crippen LogP contribution in [0.2, 0.25) is 0 Å². The highest BCUT2D eigenvalue weighted by Gasteiger charge is 2.25. The molecule has 5 heteroatoms. The van der Waals surface area contributed by atoms with Crippen LogP contribution >= 0.6 is 0 Å². The number of rotatable bonds is 7. The number of nitrogens with zero attached hydrogens (tertiary/aromatic N) is 3. The number of carbonyl (C=O) groups excluding carboxylic acids is 1. The summed E-state index contributed by atoms with van der Waals surface area (Å²) >= 11 is 0. The molecule has 0 unspecified atom stereocenters. The highest BCUT2D eigenvalue weighted by atomic mass is 16.5. The average molecular weight is 367 g/mol. The van der Waals surface area contributed by atoms with Crippen molar-refractivity contribution in [2.75, 3.05) is 31.1 Å². The molecule has 0 aliphatic carbocycles. The molecule has 3 rings (SSSR count). The van der Waals surface area contributed by atoms with Crippen molar-refractivity contribution < 1.29 is 9.53 Å². The van der Waals surface area contributed by atoms with Crippen molar-refractivity contribution in [3.8, 4) is 0 Å². The molecule has 0 radical (unpaired) electrons. The van der Waals surface area contributed by atoms with E-state index in [1.165, 1.54) is 0 Å². The van der Waals surface area contributed by atoms with Gasteiger partial charge >= 0.3 is 0 Å². The zero-order valence-electron chi connectivity index (χ0n) is 16.3. The molecular formula is C22H29N3O2. The predicted octanol–water partition coefficient (Wildman–Crippen LogP) is 3.75. The van der Waals surface area contributed by atoms with E-state index in [0.29, 0.717) is 13.2 Å². The summed E-state index contributed by atoms with van der Waals surface area (Å²) in [5, 5.41) is 0. The van der Waals surface area contributed by atoms with Crippen LogP contribution in [-0.2, 0) is 11.3 Å². The van der Waals surface area contributed by atoms with Crippen molar-refractivity contribution in [2.45, 2.75) is 39.4 Å². The first-order valence-electron chi connectivity index (χ1n) is 9.87. The smallest absolute Gasteiger partial charge is 0.253 e. The maximum Gasteiger partial charge on any atom is 0.253 e. The summed E-state index contributed by atoms with van der Waals surface area (Å²) in [4.78, 5) is 21.4. The molecule has 0 spiro atoms. The van der Waals surface area contributed by atoms with Crippen LogP contribution in [0.25, 0.3) is 0 Å². The molecule has 1 fully saturated rings. The summed E-state index contributed by atoms with van der Waals surface area (Å²) in [5.41, 5.74) is 2.83. The molecule has 0 saturated carbocycles. The number of hydrogen-bond acceptors (Lipinski definition) is 4. The summed E-state index contributed by atoms with van der Waals surface area (Å²) in [6.07, 6.45) is 3.80. The SMILES string of the molecule is CCN(CC)c1ccc(C(=O)N2CCC[C@@H](OCc3ccccn3)C2)cc1. The Hall–Kier alpha value is -2.40. The Bertz CT molecular complexity index is 714. The maximum absolute atomic E-state index is 12.9. The van der Waals surface area contributed by atoms with Gasteiger partial charge in [0.25, 0.3) is 5.91 Å². The van der Waals surface area contributed by atoms with Crippen molar-refractivity contribution in [1.29, 1.82) is 0 Å². The Morgan fingerprint density at radius 2 is 1.96 bits per heavy atom. The van der Waals surface area contributed by atoms with E-state index >= 15 is 0 Å². The lowest BCUT2D eigenvalue weighted by Crippen LogP contribution is -2.43. The zero-order valence-corrected chi connectivity index (χ0v) is 16.3. The fraction of sp³-hybridized carbons (Fsp3) is 0.455. The highest BCUT2D eigenvalue weighted by Crippen LogP contribution is 2.20. The lowest BCUT2D eigenvalue weighted by atomic mass is 10.1. The Morgan fingerprint density at radius 1 is 1.19 bits per heavy atom. The number of hydrogen-bond donors (Lipinski definition) is 0. The Morgan fingerprint density at radius 3 is 2.63 bits per heavy atom. The van der Waals surface area contributed by atoms with Gasteiger partial charge in [0, 0.05) is 43.6 Å². The van der Waals surface area contributed by atoms with Gasteiger partial charge in [-0.1, -0.05) is 6.07 Å². The van der Waals surface area contributed by atoms with Crippen LogP contribution in [0.4, 0.5) is 5.69 Å². The van der Waals surface area contributed by atoms with Crippen LogP contribution in [0, 0.1) is 0 Å². The standard InChI is InChI=1S/C22H29N3O2/c1-3-24(4-2)20-12-10-18(11-13-20)22(26)25-15-7-9-21(16-25)27-17-19-8-5-6-14-23-19/h5-6,8,10-14,21H,3-4,7,9,15-17H2,1-2H3/t21-/m1/s1. The molecule has 2 aromatic rings. The third kappa shape index (κ3) is 5.07. The second-order valence-corrected chi connectivity index (χ2v) is 6.87. The number of benzene rings is 1. The number of piperidine rings is 1. The van der Waals surface area contributed by atoms with Crippen LogP contribution < -0.4 is 4.90 Å². The van der Waals surface area contributed by atoms with Gasteiger partial charge in [-0.05, 0) is 63.1 Å². The Balaban J connectivity index is 1.57. The minimum absolute atomic E-state index is 0.0691. The molecule has 144 valence electrons. The number of ether oxygens (including phenoxy) is 1. The molecule has 1 aliphatic heterocycles. The highest BCUT2D eigenvalue weighted by molar-refractivity contribution is 5.94. The number of anilines is 1. The maximum atomic E-state index is 12.9. The predicted molar refractivity (Wildman–Crippen MR) is 108 cm³/mol. The number of aromatic nitrogens is 1. The molecule has 5 nitrogen and oxygen atoms in total. The zero-order chi connectivity index (χ0) is 19.1. The number of carbonyl (C=O) groups is 1. The fourth-order valence-corrected chi connectivity index (χ4v) is 3.53. The normalized spacial score (nSPS) is 17.0. The molecule has 0 N–H and O–H groups in total. The van der Waals surface area contributed by atoms with E-state index in [9.17, 15) is 4.79 Å². The first kappa shape index (κ1) is 19.4. The van der Waals surface area contributed by atoms with Gasteiger partial charge < -0.3 is 14.5 Å². The third-order valence-corrected chi connectivity index (χ3v) is 5.10. The molecule has 2 heterocycles. The minimum Gasteiger partial charge on any atom is -0.372 e. The van der Waals surface area contributed by atoms with E-state index in [1.54, 1.807) is 6.20 Å². The largest absolute Gasteiger partial charge is 0.372 e. The van der Waals surface area contributed by atoms with Crippen LogP contribution in [-0.4, -0.2) is 48.1 Å². The monoisotopic (exact) mass is 367 g/mol. The lowest BCUT2D eigenvalue weighted by molar-refractivity contribution is -0.00785. The number of amides is 1. The van der Waals surface area contributed by atoms with E-state index in [0.717, 1.165) is 49.4 Å². The van der Waals surface area contributed by atoms with E-state index in [2.05, 4.69) is 23.7 Å². The summed E-state index contributed by atoms with van der Waals surface area (Å²) in [7, 11) is 0. The minimum atomic E-state index is 0.0691. The van der Waals surface area contributed by atoms with Crippen molar-refractivity contribution in [2.24, 2.45) is 0 Å². The quantitative estimate of drug-likeness (QED) is 0.748. The van der Waals surface area contributed by atoms with Gasteiger partial charge in [0.1, 0.15) is 0 Å². The lowest BCUT2D eigenvalue weighted by Gasteiger charge is -2.32. The van der Waals surface area contributed by atoms with Gasteiger partial charge in [-0.15, -0.1) is 0 Å². The van der Waals surface area contributed by atoms with Crippen LogP contribution in [0.5, 0.6) is 0 Å². The summed E-state index contributed by atoms with van der Waals surface area (Å²) in [6, 6.07) is 13.8. The van der Waals surface area contributed by atoms with Crippen molar-refractivity contribution in [3.05, 3.63) is 59.9 Å². The first-order chi connectivity index (χ1) is 13.2. The third-order valence-electron chi connectivity index (χ3n) is 5.10. The van der Waals surface area contributed by atoms with E-state index in [4.69, 9.17) is 4.74 Å². The molecule has 1 saturated heterocycles. The van der Waals surface area contributed by atoms with Gasteiger partial charge in [-0.2, -0.15) is 0 Å². The van der Waals surface area contributed by atoms with Gasteiger partial charge in [0.15, 0.2) is 0 Å². The second-order valence-electron chi connectivity index (χ2n) is 6.87. The van der Waals surface area contributed by atoms with Gasteiger partial charge in [-0.3, -0.25) is 9.78 Å². The van der Waals surface area contributed by atoms with Gasteiger partial charge in [-0.25, -0.2) is 0 Å². The first-order valence-corrected chi connectivity index (χ1v) is 9.87. The Kier molecular flexibility index (Phi) is 6.82. The van der Waals surface area contributed by atoms with Gasteiger partial charge in [0.2, 0.25) is 0 Å². The van der Waals surface area contributed by atoms with Crippen molar-refractivity contribution >= 4 is 11.6 Å². The second kappa shape index (κ2) is 9.51. The summed E-state index contributed by atoms with van der Waals surface area (Å²) in [6.45, 7) is 8.13. The molecule has 27 heavy (non-hydrogen) atoms. The molecule has 1 amide bonds. The molecule has 0 bridgehead atoms. The van der Waals surface area contributed by atoms with Crippen molar-refractivity contribution in [3.63, 3.8) is 0 Å². The summed E-state index contributed by atoms with van der Waals surface area (Å²) < 4.78 is 6.00. The number of likely N-dealkylation sites (tertiary alicyclic amines) is 1. The van der Waals surface area contributed by atoms with Crippen LogP contribution in [0.3, 0.4) is 0 Å². The molecule has 1 aliphatic rings. The van der Waals surface area contributed by atoms with Crippen LogP contribution in [0.15, 0.2) is 48.7 Å². The van der Waals surface area contributed by atoms with Crippen LogP contribution in [0.1, 0.15) is 42.7 Å². The van der Waals surface area contributed by atoms with E-state index in [-0.39, 0.29) is 12.0 Å². The average Bonchev–Trinajstić information content (AvgIpc) is 2.74. The van der Waals surface area contributed by atoms with Gasteiger partial charge in [0.05, 0.1) is 18.4 Å². The topological polar surface area (TPSA) is 45.7 Å². The van der Waals surface area contributed by atoms with E-state index < -0.39 is 0 Å². The number of pyridine rings is 1. The Labute approximate surface area is 162 Å². The molecule has 1 aromatic heterocycles. The summed E-state index contributed by atoms with van der Waals surface area (Å²) in [5.74, 6) is 0.0900. The molecule has 1 aromatic carbocycles.